The van der Waals surface area contributed by atoms with Crippen LogP contribution in [0.25, 0.3) is 0 Å². The van der Waals surface area contributed by atoms with Crippen molar-refractivity contribution in [2.45, 2.75) is 37.0 Å². The third-order valence-electron chi connectivity index (χ3n) is 7.33. The lowest BCUT2D eigenvalue weighted by Gasteiger charge is -2.50. The Morgan fingerprint density at radius 3 is 2.23 bits per heavy atom. The van der Waals surface area contributed by atoms with Crippen LogP contribution < -0.4 is 5.32 Å². The minimum absolute atomic E-state index is 0.0432. The van der Waals surface area contributed by atoms with E-state index in [-0.39, 0.29) is 42.7 Å². The van der Waals surface area contributed by atoms with Gasteiger partial charge in [0, 0.05) is 49.1 Å². The monoisotopic (exact) mass is 556 g/mol. The molecule has 0 aliphatic carbocycles. The second kappa shape index (κ2) is 9.54. The van der Waals surface area contributed by atoms with Gasteiger partial charge in [-0.2, -0.15) is 13.2 Å². The Morgan fingerprint density at radius 2 is 1.69 bits per heavy atom. The molecule has 10 heteroatoms. The summed E-state index contributed by atoms with van der Waals surface area (Å²) in [6.45, 7) is 0.435. The number of methoxy groups -OCH3 is 1. The highest BCUT2D eigenvalue weighted by molar-refractivity contribution is 9.10. The summed E-state index contributed by atoms with van der Waals surface area (Å²) in [5, 5.41) is 2.84. The smallest absolute Gasteiger partial charge is 0.356 e. The van der Waals surface area contributed by atoms with Crippen LogP contribution in [0.3, 0.4) is 0 Å². The van der Waals surface area contributed by atoms with Gasteiger partial charge in [0.25, 0.3) is 11.5 Å². The number of carbonyl (C=O) groups excluding carboxylic acids is 2. The number of hydrogen-bond acceptors (Lipinski definition) is 3. The van der Waals surface area contributed by atoms with E-state index in [4.69, 9.17) is 4.74 Å². The van der Waals surface area contributed by atoms with Gasteiger partial charge in [-0.05, 0) is 48.1 Å². The number of rotatable bonds is 4. The minimum Gasteiger partial charge on any atom is -0.356 e. The fourth-order valence-electron chi connectivity index (χ4n) is 5.42. The standard InChI is InChI=1S/C25H25BrF4N2O3/c1-35-24(25(28,29)30,17-4-6-18(26)7-5-17)22(34)32-12-10-23(11-13-32)14-21(33)31-15-20(23)16-2-8-19(27)9-3-16/h2-9,20H,10-15H2,1H3,(H,31,33). The lowest BCUT2D eigenvalue weighted by atomic mass is 9.62. The largest absolute Gasteiger partial charge is 0.430 e. The predicted octanol–water partition coefficient (Wildman–Crippen LogP) is 4.90. The van der Waals surface area contributed by atoms with Gasteiger partial charge in [-0.25, -0.2) is 4.39 Å². The van der Waals surface area contributed by atoms with Crippen molar-refractivity contribution < 1.29 is 31.9 Å². The van der Waals surface area contributed by atoms with Crippen LogP contribution in [-0.2, 0) is 19.9 Å². The molecule has 2 amide bonds. The number of likely N-dealkylation sites (tertiary alicyclic amines) is 1. The highest BCUT2D eigenvalue weighted by Crippen LogP contribution is 2.50. The Balaban J connectivity index is 1.62. The van der Waals surface area contributed by atoms with Gasteiger partial charge in [-0.3, -0.25) is 9.59 Å². The number of ether oxygens (including phenoxy) is 1. The molecule has 1 spiro atoms. The average Bonchev–Trinajstić information content (AvgIpc) is 2.81. The molecular formula is C25H25BrF4N2O3. The molecule has 4 rings (SSSR count). The first-order chi connectivity index (χ1) is 16.5. The number of carbonyl (C=O) groups is 2. The normalized spacial score (nSPS) is 21.9. The predicted molar refractivity (Wildman–Crippen MR) is 124 cm³/mol. The van der Waals surface area contributed by atoms with Gasteiger partial charge < -0.3 is 15.0 Å². The lowest BCUT2D eigenvalue weighted by Crippen LogP contribution is -2.60. The quantitative estimate of drug-likeness (QED) is 0.545. The summed E-state index contributed by atoms with van der Waals surface area (Å²) in [4.78, 5) is 26.9. The summed E-state index contributed by atoms with van der Waals surface area (Å²) in [6.07, 6.45) is -4.12. The molecule has 188 valence electrons. The third-order valence-corrected chi connectivity index (χ3v) is 7.86. The molecule has 35 heavy (non-hydrogen) atoms. The van der Waals surface area contributed by atoms with Crippen LogP contribution in [0.4, 0.5) is 17.6 Å². The maximum absolute atomic E-state index is 14.4. The van der Waals surface area contributed by atoms with Crippen LogP contribution in [0.1, 0.15) is 36.3 Å². The number of nitrogens with one attached hydrogen (secondary N) is 1. The summed E-state index contributed by atoms with van der Waals surface area (Å²) >= 11 is 3.20. The molecule has 2 saturated heterocycles. The molecule has 0 bridgehead atoms. The molecule has 0 radical (unpaired) electrons. The van der Waals surface area contributed by atoms with Crippen molar-refractivity contribution in [3.8, 4) is 0 Å². The number of piperidine rings is 2. The Bertz CT molecular complexity index is 1080. The van der Waals surface area contributed by atoms with Gasteiger partial charge in [-0.15, -0.1) is 0 Å². The van der Waals surface area contributed by atoms with Crippen molar-refractivity contribution in [1.29, 1.82) is 0 Å². The van der Waals surface area contributed by atoms with E-state index in [2.05, 4.69) is 21.2 Å². The molecule has 1 N–H and O–H groups in total. The van der Waals surface area contributed by atoms with Crippen molar-refractivity contribution in [3.63, 3.8) is 0 Å². The zero-order valence-electron chi connectivity index (χ0n) is 19.0. The van der Waals surface area contributed by atoms with E-state index in [1.807, 2.05) is 0 Å². The van der Waals surface area contributed by atoms with E-state index in [1.165, 1.54) is 41.3 Å². The highest BCUT2D eigenvalue weighted by atomic mass is 79.9. The van der Waals surface area contributed by atoms with Crippen molar-refractivity contribution in [1.82, 2.24) is 10.2 Å². The maximum atomic E-state index is 14.4. The Labute approximate surface area is 208 Å². The molecule has 2 aliphatic rings. The van der Waals surface area contributed by atoms with E-state index < -0.39 is 23.1 Å². The highest BCUT2D eigenvalue weighted by Gasteiger charge is 2.64. The topological polar surface area (TPSA) is 58.6 Å². The minimum atomic E-state index is -5.00. The molecule has 0 aromatic heterocycles. The Hall–Kier alpha value is -2.46. The summed E-state index contributed by atoms with van der Waals surface area (Å²) in [5.41, 5.74) is -3.13. The second-order valence-corrected chi connectivity index (χ2v) is 10.0. The Morgan fingerprint density at radius 1 is 1.09 bits per heavy atom. The summed E-state index contributed by atoms with van der Waals surface area (Å²) in [6, 6.07) is 11.4. The van der Waals surface area contributed by atoms with E-state index in [0.717, 1.165) is 12.7 Å². The summed E-state index contributed by atoms with van der Waals surface area (Å²) in [5.74, 6) is -1.83. The Kier molecular flexibility index (Phi) is 6.98. The summed E-state index contributed by atoms with van der Waals surface area (Å²) in [7, 11) is 0.884. The molecule has 2 aromatic carbocycles. The van der Waals surface area contributed by atoms with Crippen molar-refractivity contribution in [2.75, 3.05) is 26.7 Å². The zero-order valence-corrected chi connectivity index (χ0v) is 20.6. The molecule has 2 atom stereocenters. The number of nitrogens with zero attached hydrogens (tertiary/aromatic N) is 1. The zero-order chi connectivity index (χ0) is 25.4. The van der Waals surface area contributed by atoms with Crippen LogP contribution in [-0.4, -0.2) is 49.6 Å². The fourth-order valence-corrected chi connectivity index (χ4v) is 5.69. The van der Waals surface area contributed by atoms with Crippen molar-refractivity contribution >= 4 is 27.7 Å². The molecule has 2 unspecified atom stereocenters. The van der Waals surface area contributed by atoms with Gasteiger partial charge in [0.1, 0.15) is 5.82 Å². The number of halogens is 5. The van der Waals surface area contributed by atoms with Gasteiger partial charge >= 0.3 is 6.18 Å². The SMILES string of the molecule is COC(C(=O)N1CCC2(CC1)CC(=O)NCC2c1ccc(F)cc1)(c1ccc(Br)cc1)C(F)(F)F. The number of amides is 2. The van der Waals surface area contributed by atoms with E-state index in [1.54, 1.807) is 12.1 Å². The van der Waals surface area contributed by atoms with Crippen LogP contribution in [0.2, 0.25) is 0 Å². The number of alkyl halides is 3. The van der Waals surface area contributed by atoms with Gasteiger partial charge in [0.15, 0.2) is 0 Å². The van der Waals surface area contributed by atoms with Crippen LogP contribution >= 0.6 is 15.9 Å². The fraction of sp³-hybridized carbons (Fsp3) is 0.440. The molecular weight excluding hydrogens is 532 g/mol. The van der Waals surface area contributed by atoms with Crippen LogP contribution in [0, 0.1) is 11.2 Å². The first kappa shape index (κ1) is 25.6. The molecule has 2 aliphatic heterocycles. The van der Waals surface area contributed by atoms with Crippen molar-refractivity contribution in [3.05, 3.63) is 69.9 Å². The molecule has 2 aromatic rings. The third kappa shape index (κ3) is 4.58. The molecule has 2 heterocycles. The van der Waals surface area contributed by atoms with Gasteiger partial charge in [0.05, 0.1) is 0 Å². The molecule has 5 nitrogen and oxygen atoms in total. The second-order valence-electron chi connectivity index (χ2n) is 9.13. The summed E-state index contributed by atoms with van der Waals surface area (Å²) < 4.78 is 62.3. The first-order valence-corrected chi connectivity index (χ1v) is 12.0. The number of hydrogen-bond donors (Lipinski definition) is 1. The van der Waals surface area contributed by atoms with E-state index >= 15 is 0 Å². The first-order valence-electron chi connectivity index (χ1n) is 11.2. The molecule has 0 saturated carbocycles. The molecule has 2 fully saturated rings. The van der Waals surface area contributed by atoms with Gasteiger partial charge in [-0.1, -0.05) is 40.2 Å². The van der Waals surface area contributed by atoms with E-state index in [9.17, 15) is 27.2 Å². The maximum Gasteiger partial charge on any atom is 0.430 e. The number of benzene rings is 2. The lowest BCUT2D eigenvalue weighted by molar-refractivity contribution is -0.271. The van der Waals surface area contributed by atoms with Crippen LogP contribution in [0.5, 0.6) is 0 Å². The van der Waals surface area contributed by atoms with Gasteiger partial charge in [0.2, 0.25) is 5.91 Å². The van der Waals surface area contributed by atoms with Crippen molar-refractivity contribution in [2.24, 2.45) is 5.41 Å². The van der Waals surface area contributed by atoms with E-state index in [0.29, 0.717) is 23.9 Å². The van der Waals surface area contributed by atoms with Crippen LogP contribution in [0.15, 0.2) is 53.0 Å². The average molecular weight is 557 g/mol.